The molecule has 0 saturated carbocycles. The molecule has 6 heteroatoms. The van der Waals surface area contributed by atoms with E-state index in [2.05, 4.69) is 21.2 Å². The van der Waals surface area contributed by atoms with Crippen LogP contribution in [0.5, 0.6) is 0 Å². The van der Waals surface area contributed by atoms with Gasteiger partial charge in [0, 0.05) is 27.5 Å². The van der Waals surface area contributed by atoms with Crippen molar-refractivity contribution in [2.45, 2.75) is 13.3 Å². The molecule has 0 saturated heterocycles. The number of benzene rings is 1. The molecule has 1 aromatic rings. The molecule has 0 aliphatic carbocycles. The zero-order chi connectivity index (χ0) is 12.9. The van der Waals surface area contributed by atoms with Gasteiger partial charge in [0.25, 0.3) is 0 Å². The smallest absolute Gasteiger partial charge is 0.152 e. The molecule has 0 radical (unpaired) electrons. The second kappa shape index (κ2) is 6.61. The fourth-order valence-corrected chi connectivity index (χ4v) is 3.45. The summed E-state index contributed by atoms with van der Waals surface area (Å²) in [4.78, 5) is 0. The summed E-state index contributed by atoms with van der Waals surface area (Å²) in [7, 11) is -2.93. The van der Waals surface area contributed by atoms with Gasteiger partial charge in [-0.05, 0) is 40.5 Å². The van der Waals surface area contributed by atoms with Crippen molar-refractivity contribution in [1.29, 1.82) is 0 Å². The molecule has 0 aromatic heterocycles. The molecule has 0 fully saturated rings. The first-order chi connectivity index (χ1) is 7.94. The summed E-state index contributed by atoms with van der Waals surface area (Å²) in [6, 6.07) is 5.35. The van der Waals surface area contributed by atoms with Crippen molar-refractivity contribution in [2.24, 2.45) is 0 Å². The Labute approximate surface area is 116 Å². The first kappa shape index (κ1) is 14.8. The minimum absolute atomic E-state index is 0.149. The van der Waals surface area contributed by atoms with Crippen molar-refractivity contribution in [1.82, 2.24) is 0 Å². The number of sulfone groups is 1. The van der Waals surface area contributed by atoms with Crippen molar-refractivity contribution in [3.63, 3.8) is 0 Å². The quantitative estimate of drug-likeness (QED) is 0.864. The van der Waals surface area contributed by atoms with Gasteiger partial charge in [-0.1, -0.05) is 18.5 Å². The van der Waals surface area contributed by atoms with E-state index in [0.29, 0.717) is 18.0 Å². The van der Waals surface area contributed by atoms with Crippen molar-refractivity contribution in [2.75, 3.05) is 23.4 Å². The summed E-state index contributed by atoms with van der Waals surface area (Å²) in [6.07, 6.45) is 0.660. The van der Waals surface area contributed by atoms with E-state index in [4.69, 9.17) is 11.6 Å². The molecule has 0 aliphatic heterocycles. The minimum atomic E-state index is -2.93. The molecule has 0 bridgehead atoms. The summed E-state index contributed by atoms with van der Waals surface area (Å²) in [5, 5.41) is 3.71. The number of hydrogen-bond acceptors (Lipinski definition) is 3. The van der Waals surface area contributed by atoms with Crippen LogP contribution in [0.2, 0.25) is 5.02 Å². The van der Waals surface area contributed by atoms with E-state index in [1.165, 1.54) is 0 Å². The van der Waals surface area contributed by atoms with Crippen LogP contribution in [-0.4, -0.2) is 26.5 Å². The molecule has 0 heterocycles. The Morgan fingerprint density at radius 2 is 2.06 bits per heavy atom. The van der Waals surface area contributed by atoms with Crippen LogP contribution in [0.4, 0.5) is 5.69 Å². The number of rotatable bonds is 6. The van der Waals surface area contributed by atoms with E-state index >= 15 is 0 Å². The summed E-state index contributed by atoms with van der Waals surface area (Å²) in [6.45, 7) is 2.27. The van der Waals surface area contributed by atoms with Crippen molar-refractivity contribution in [3.05, 3.63) is 27.7 Å². The Morgan fingerprint density at radius 3 is 2.65 bits per heavy atom. The molecular weight excluding hydrogens is 326 g/mol. The van der Waals surface area contributed by atoms with Gasteiger partial charge in [-0.3, -0.25) is 0 Å². The van der Waals surface area contributed by atoms with Gasteiger partial charge in [-0.15, -0.1) is 0 Å². The van der Waals surface area contributed by atoms with E-state index in [0.717, 1.165) is 10.2 Å². The largest absolute Gasteiger partial charge is 0.383 e. The van der Waals surface area contributed by atoms with E-state index < -0.39 is 9.84 Å². The van der Waals surface area contributed by atoms with Crippen LogP contribution in [0, 0.1) is 0 Å². The standard InChI is InChI=1S/C11H15BrClNO2S/c1-2-6-17(15,16)7-5-14-11-4-3-9(13)8-10(11)12/h3-4,8,14H,2,5-7H2,1H3. The lowest BCUT2D eigenvalue weighted by Gasteiger charge is -2.09. The Balaban J connectivity index is 2.51. The second-order valence-electron chi connectivity index (χ2n) is 3.70. The normalized spacial score (nSPS) is 11.5. The van der Waals surface area contributed by atoms with Crippen molar-refractivity contribution in [3.8, 4) is 0 Å². The fourth-order valence-electron chi connectivity index (χ4n) is 1.39. The van der Waals surface area contributed by atoms with E-state index in [1.807, 2.05) is 13.0 Å². The number of anilines is 1. The lowest BCUT2D eigenvalue weighted by Crippen LogP contribution is -2.18. The summed E-state index contributed by atoms with van der Waals surface area (Å²) >= 11 is 9.17. The Bertz CT molecular complexity index is 476. The molecule has 0 aliphatic rings. The average Bonchev–Trinajstić information content (AvgIpc) is 2.21. The third-order valence-corrected chi connectivity index (χ3v) is 4.92. The van der Waals surface area contributed by atoms with Crippen LogP contribution in [-0.2, 0) is 9.84 Å². The Morgan fingerprint density at radius 1 is 1.35 bits per heavy atom. The molecule has 3 nitrogen and oxygen atoms in total. The molecule has 96 valence electrons. The van der Waals surface area contributed by atoms with Gasteiger partial charge in [0.15, 0.2) is 9.84 Å². The number of halogens is 2. The SMILES string of the molecule is CCCS(=O)(=O)CCNc1ccc(Cl)cc1Br. The van der Waals surface area contributed by atoms with Crippen molar-refractivity contribution < 1.29 is 8.42 Å². The maximum atomic E-state index is 11.5. The first-order valence-electron chi connectivity index (χ1n) is 5.34. The van der Waals surface area contributed by atoms with Gasteiger partial charge in [0.05, 0.1) is 5.75 Å². The highest BCUT2D eigenvalue weighted by Crippen LogP contribution is 2.25. The van der Waals surface area contributed by atoms with Crippen LogP contribution in [0.25, 0.3) is 0 Å². The van der Waals surface area contributed by atoms with Gasteiger partial charge < -0.3 is 5.32 Å². The third kappa shape index (κ3) is 5.27. The molecule has 1 rings (SSSR count). The van der Waals surface area contributed by atoms with Gasteiger partial charge >= 0.3 is 0 Å². The molecular formula is C11H15BrClNO2S. The lowest BCUT2D eigenvalue weighted by molar-refractivity contribution is 0.595. The summed E-state index contributed by atoms with van der Waals surface area (Å²) < 4.78 is 23.8. The monoisotopic (exact) mass is 339 g/mol. The molecule has 0 atom stereocenters. The van der Waals surface area contributed by atoms with Crippen LogP contribution in [0.3, 0.4) is 0 Å². The average molecular weight is 341 g/mol. The predicted octanol–water partition coefficient (Wildman–Crippen LogP) is 3.34. The maximum absolute atomic E-state index is 11.5. The highest BCUT2D eigenvalue weighted by Gasteiger charge is 2.09. The fraction of sp³-hybridized carbons (Fsp3) is 0.455. The summed E-state index contributed by atoms with van der Waals surface area (Å²) in [5.41, 5.74) is 0.848. The molecule has 0 amide bonds. The minimum Gasteiger partial charge on any atom is -0.383 e. The van der Waals surface area contributed by atoms with E-state index in [1.54, 1.807) is 12.1 Å². The highest BCUT2D eigenvalue weighted by molar-refractivity contribution is 9.10. The molecule has 17 heavy (non-hydrogen) atoms. The molecule has 0 unspecified atom stereocenters. The van der Waals surface area contributed by atoms with Gasteiger partial charge in [-0.2, -0.15) is 0 Å². The third-order valence-electron chi connectivity index (χ3n) is 2.17. The Kier molecular flexibility index (Phi) is 5.76. The first-order valence-corrected chi connectivity index (χ1v) is 8.33. The Hall–Kier alpha value is -0.260. The number of hydrogen-bond donors (Lipinski definition) is 1. The zero-order valence-electron chi connectivity index (χ0n) is 9.54. The second-order valence-corrected chi connectivity index (χ2v) is 7.30. The lowest BCUT2D eigenvalue weighted by atomic mass is 10.3. The van der Waals surface area contributed by atoms with Crippen LogP contribution in [0.1, 0.15) is 13.3 Å². The highest BCUT2D eigenvalue weighted by atomic mass is 79.9. The number of nitrogens with one attached hydrogen (secondary N) is 1. The van der Waals surface area contributed by atoms with Gasteiger partial charge in [0.1, 0.15) is 0 Å². The van der Waals surface area contributed by atoms with Crippen LogP contribution in [0.15, 0.2) is 22.7 Å². The van der Waals surface area contributed by atoms with Gasteiger partial charge in [-0.25, -0.2) is 8.42 Å². The molecule has 1 N–H and O–H groups in total. The van der Waals surface area contributed by atoms with Crippen LogP contribution >= 0.6 is 27.5 Å². The van der Waals surface area contributed by atoms with E-state index in [9.17, 15) is 8.42 Å². The van der Waals surface area contributed by atoms with Crippen LogP contribution < -0.4 is 5.32 Å². The molecule has 1 aromatic carbocycles. The maximum Gasteiger partial charge on any atom is 0.152 e. The zero-order valence-corrected chi connectivity index (χ0v) is 12.7. The predicted molar refractivity (Wildman–Crippen MR) is 76.6 cm³/mol. The molecule has 0 spiro atoms. The summed E-state index contributed by atoms with van der Waals surface area (Å²) in [5.74, 6) is 0.395. The van der Waals surface area contributed by atoms with Crippen molar-refractivity contribution >= 4 is 43.1 Å². The van der Waals surface area contributed by atoms with Gasteiger partial charge in [0.2, 0.25) is 0 Å². The van der Waals surface area contributed by atoms with E-state index in [-0.39, 0.29) is 11.5 Å². The topological polar surface area (TPSA) is 46.2 Å².